The number of imidazole rings is 1. The molecule has 0 saturated carbocycles. The molecule has 138 valence electrons. The van der Waals surface area contributed by atoms with E-state index in [2.05, 4.69) is 20.9 Å². The van der Waals surface area contributed by atoms with Crippen LogP contribution in [0.3, 0.4) is 0 Å². The zero-order chi connectivity index (χ0) is 18.9. The molecule has 0 fully saturated rings. The number of benzene rings is 2. The third-order valence-electron chi connectivity index (χ3n) is 3.95. The number of nitrogens with one attached hydrogen (secondary N) is 3. The standard InChI is InChI=1S/C20H21N5O2/c26-19(13-23-20(27)24-18-8-2-1-3-9-18)22-12-16-6-4-5-7-17(16)14-25-11-10-21-15-25/h1-11,15H,12-14H2,(H,22,26)(H2,23,24,27). The lowest BCUT2D eigenvalue weighted by Gasteiger charge is -2.12. The van der Waals surface area contributed by atoms with Gasteiger partial charge in [0.2, 0.25) is 5.91 Å². The summed E-state index contributed by atoms with van der Waals surface area (Å²) in [7, 11) is 0. The number of carbonyl (C=O) groups excluding carboxylic acids is 2. The Labute approximate surface area is 157 Å². The highest BCUT2D eigenvalue weighted by Gasteiger charge is 2.07. The van der Waals surface area contributed by atoms with Crippen LogP contribution < -0.4 is 16.0 Å². The van der Waals surface area contributed by atoms with Gasteiger partial charge in [0.15, 0.2) is 0 Å². The molecule has 0 saturated heterocycles. The molecule has 3 rings (SSSR count). The van der Waals surface area contributed by atoms with E-state index in [0.717, 1.165) is 11.1 Å². The Kier molecular flexibility index (Phi) is 6.19. The normalized spacial score (nSPS) is 10.2. The molecule has 3 aromatic rings. The Morgan fingerprint density at radius 3 is 2.41 bits per heavy atom. The summed E-state index contributed by atoms with van der Waals surface area (Å²) >= 11 is 0. The molecule has 1 aromatic heterocycles. The summed E-state index contributed by atoms with van der Waals surface area (Å²) in [6.45, 7) is 0.984. The number of carbonyl (C=O) groups is 2. The van der Waals surface area contributed by atoms with Gasteiger partial charge in [0.05, 0.1) is 12.9 Å². The summed E-state index contributed by atoms with van der Waals surface area (Å²) in [5.41, 5.74) is 2.79. The first kappa shape index (κ1) is 18.2. The monoisotopic (exact) mass is 363 g/mol. The van der Waals surface area contributed by atoms with Crippen molar-refractivity contribution in [2.24, 2.45) is 0 Å². The van der Waals surface area contributed by atoms with Crippen LogP contribution in [0.4, 0.5) is 10.5 Å². The molecule has 0 aliphatic heterocycles. The van der Waals surface area contributed by atoms with Gasteiger partial charge in [-0.15, -0.1) is 0 Å². The van der Waals surface area contributed by atoms with E-state index in [1.165, 1.54) is 0 Å². The second-order valence-corrected chi connectivity index (χ2v) is 5.95. The van der Waals surface area contributed by atoms with Gasteiger partial charge in [-0.25, -0.2) is 9.78 Å². The minimum atomic E-state index is -0.420. The van der Waals surface area contributed by atoms with E-state index in [1.54, 1.807) is 24.7 Å². The molecular weight excluding hydrogens is 342 g/mol. The number of amides is 3. The van der Waals surface area contributed by atoms with Gasteiger partial charge < -0.3 is 20.5 Å². The van der Waals surface area contributed by atoms with E-state index < -0.39 is 6.03 Å². The first-order valence-electron chi connectivity index (χ1n) is 8.60. The van der Waals surface area contributed by atoms with Crippen molar-refractivity contribution in [2.45, 2.75) is 13.1 Å². The SMILES string of the molecule is O=C(CNC(=O)Nc1ccccc1)NCc1ccccc1Cn1ccnc1. The average Bonchev–Trinajstić information content (AvgIpc) is 3.19. The van der Waals surface area contributed by atoms with Crippen molar-refractivity contribution >= 4 is 17.6 Å². The summed E-state index contributed by atoms with van der Waals surface area (Å²) in [6.07, 6.45) is 5.38. The Morgan fingerprint density at radius 1 is 0.926 bits per heavy atom. The summed E-state index contributed by atoms with van der Waals surface area (Å²) < 4.78 is 1.97. The quantitative estimate of drug-likeness (QED) is 0.602. The Balaban J connectivity index is 1.46. The number of hydrogen-bond acceptors (Lipinski definition) is 3. The first-order chi connectivity index (χ1) is 13.2. The molecule has 0 atom stereocenters. The van der Waals surface area contributed by atoms with Gasteiger partial charge in [0, 0.05) is 31.2 Å². The fraction of sp³-hybridized carbons (Fsp3) is 0.150. The minimum absolute atomic E-state index is 0.0949. The van der Waals surface area contributed by atoms with Gasteiger partial charge in [0.25, 0.3) is 0 Å². The molecule has 3 amide bonds. The molecule has 3 N–H and O–H groups in total. The van der Waals surface area contributed by atoms with Gasteiger partial charge in [-0.2, -0.15) is 0 Å². The lowest BCUT2D eigenvalue weighted by Crippen LogP contribution is -2.38. The highest BCUT2D eigenvalue weighted by Crippen LogP contribution is 2.10. The molecule has 0 aliphatic carbocycles. The second-order valence-electron chi connectivity index (χ2n) is 5.95. The van der Waals surface area contributed by atoms with Crippen LogP contribution in [0, 0.1) is 0 Å². The van der Waals surface area contributed by atoms with Crippen LogP contribution in [0.1, 0.15) is 11.1 Å². The smallest absolute Gasteiger partial charge is 0.319 e. The number of urea groups is 1. The predicted molar refractivity (Wildman–Crippen MR) is 103 cm³/mol. The molecule has 0 radical (unpaired) electrons. The van der Waals surface area contributed by atoms with E-state index in [4.69, 9.17) is 0 Å². The van der Waals surface area contributed by atoms with Crippen molar-refractivity contribution in [3.63, 3.8) is 0 Å². The van der Waals surface area contributed by atoms with E-state index in [0.29, 0.717) is 18.8 Å². The van der Waals surface area contributed by atoms with E-state index >= 15 is 0 Å². The molecule has 0 aliphatic rings. The van der Waals surface area contributed by atoms with Gasteiger partial charge in [-0.1, -0.05) is 42.5 Å². The highest BCUT2D eigenvalue weighted by atomic mass is 16.2. The summed E-state index contributed by atoms with van der Waals surface area (Å²) in [5.74, 6) is -0.254. The minimum Gasteiger partial charge on any atom is -0.350 e. The van der Waals surface area contributed by atoms with Crippen LogP contribution in [0.15, 0.2) is 73.3 Å². The molecule has 2 aromatic carbocycles. The summed E-state index contributed by atoms with van der Waals surface area (Å²) in [6, 6.07) is 16.5. The van der Waals surface area contributed by atoms with Crippen LogP contribution in [-0.4, -0.2) is 28.0 Å². The van der Waals surface area contributed by atoms with Crippen molar-refractivity contribution in [3.8, 4) is 0 Å². The fourth-order valence-electron chi connectivity index (χ4n) is 2.57. The zero-order valence-electron chi connectivity index (χ0n) is 14.8. The summed E-state index contributed by atoms with van der Waals surface area (Å²) in [4.78, 5) is 27.9. The number of aromatic nitrogens is 2. The zero-order valence-corrected chi connectivity index (χ0v) is 14.8. The number of anilines is 1. The van der Waals surface area contributed by atoms with Gasteiger partial charge in [0.1, 0.15) is 0 Å². The van der Waals surface area contributed by atoms with Crippen LogP contribution in [0.25, 0.3) is 0 Å². The number of hydrogen-bond donors (Lipinski definition) is 3. The van der Waals surface area contributed by atoms with Crippen LogP contribution in [-0.2, 0) is 17.9 Å². The van der Waals surface area contributed by atoms with Crippen LogP contribution >= 0.6 is 0 Å². The fourth-order valence-corrected chi connectivity index (χ4v) is 2.57. The Hall–Kier alpha value is -3.61. The lowest BCUT2D eigenvalue weighted by atomic mass is 10.1. The van der Waals surface area contributed by atoms with Gasteiger partial charge in [-0.3, -0.25) is 4.79 Å². The van der Waals surface area contributed by atoms with Crippen molar-refractivity contribution in [1.29, 1.82) is 0 Å². The molecule has 7 nitrogen and oxygen atoms in total. The lowest BCUT2D eigenvalue weighted by molar-refractivity contribution is -0.120. The Bertz CT molecular complexity index is 878. The maximum atomic E-state index is 12.0. The van der Waals surface area contributed by atoms with Crippen LogP contribution in [0.2, 0.25) is 0 Å². The largest absolute Gasteiger partial charge is 0.350 e. The number of nitrogens with zero attached hydrogens (tertiary/aromatic N) is 2. The molecule has 0 spiro atoms. The average molecular weight is 363 g/mol. The molecular formula is C20H21N5O2. The van der Waals surface area contributed by atoms with Crippen LogP contribution in [0.5, 0.6) is 0 Å². The molecule has 1 heterocycles. The van der Waals surface area contributed by atoms with Crippen molar-refractivity contribution < 1.29 is 9.59 Å². The first-order valence-corrected chi connectivity index (χ1v) is 8.60. The topological polar surface area (TPSA) is 88.0 Å². The highest BCUT2D eigenvalue weighted by molar-refractivity contribution is 5.92. The molecule has 7 heteroatoms. The van der Waals surface area contributed by atoms with Crippen molar-refractivity contribution in [2.75, 3.05) is 11.9 Å². The summed E-state index contributed by atoms with van der Waals surface area (Å²) in [5, 5.41) is 8.04. The third kappa shape index (κ3) is 5.71. The van der Waals surface area contributed by atoms with E-state index in [9.17, 15) is 9.59 Å². The molecule has 27 heavy (non-hydrogen) atoms. The maximum Gasteiger partial charge on any atom is 0.319 e. The number of rotatable bonds is 7. The molecule has 0 unspecified atom stereocenters. The molecule has 0 bridgehead atoms. The van der Waals surface area contributed by atoms with E-state index in [1.807, 2.05) is 53.2 Å². The maximum absolute atomic E-state index is 12.0. The van der Waals surface area contributed by atoms with Gasteiger partial charge in [-0.05, 0) is 23.3 Å². The number of para-hydroxylation sites is 1. The second kappa shape index (κ2) is 9.19. The third-order valence-corrected chi connectivity index (χ3v) is 3.95. The van der Waals surface area contributed by atoms with Crippen molar-refractivity contribution in [1.82, 2.24) is 20.2 Å². The Morgan fingerprint density at radius 2 is 1.67 bits per heavy atom. The van der Waals surface area contributed by atoms with Crippen molar-refractivity contribution in [3.05, 3.63) is 84.4 Å². The van der Waals surface area contributed by atoms with E-state index in [-0.39, 0.29) is 12.5 Å². The predicted octanol–water partition coefficient (Wildman–Crippen LogP) is 2.37. The van der Waals surface area contributed by atoms with Gasteiger partial charge >= 0.3 is 6.03 Å².